The second-order valence-electron chi connectivity index (χ2n) is 3.94. The van der Waals surface area contributed by atoms with Gasteiger partial charge >= 0.3 is 0 Å². The molecule has 0 saturated carbocycles. The quantitative estimate of drug-likeness (QED) is 0.475. The summed E-state index contributed by atoms with van der Waals surface area (Å²) in [4.78, 5) is 21.2. The van der Waals surface area contributed by atoms with Gasteiger partial charge in [0.25, 0.3) is 0 Å². The molecule has 3 heterocycles. The molecule has 18 heavy (non-hydrogen) atoms. The normalized spacial score (nSPS) is 16.1. The van der Waals surface area contributed by atoms with E-state index in [0.29, 0.717) is 36.6 Å². The first kappa shape index (κ1) is 11.2. The number of nitrogens with zero attached hydrogens (tertiary/aromatic N) is 5. The summed E-state index contributed by atoms with van der Waals surface area (Å²) < 4.78 is 6.77. The lowest BCUT2D eigenvalue weighted by atomic mass is 10.1. The van der Waals surface area contributed by atoms with Gasteiger partial charge in [-0.25, -0.2) is 14.5 Å². The Morgan fingerprint density at radius 2 is 2.11 bits per heavy atom. The van der Waals surface area contributed by atoms with Crippen LogP contribution in [0.5, 0.6) is 0 Å². The van der Waals surface area contributed by atoms with Crippen LogP contribution in [0, 0.1) is 0 Å². The SMILES string of the molecule is [B]c1cn2nc(C=O)nc2c(N2CCOCC2)n1. The number of fused-ring (bicyclic) bond motifs is 1. The van der Waals surface area contributed by atoms with E-state index in [1.165, 1.54) is 4.52 Å². The summed E-state index contributed by atoms with van der Waals surface area (Å²) in [5, 5.41) is 4.01. The standard InChI is InChI=1S/C10H10BN5O2/c11-7-5-16-10(13-8(6-17)14-16)9(12-7)15-1-3-18-4-2-15/h5-6H,1-4H2. The Morgan fingerprint density at radius 3 is 2.83 bits per heavy atom. The van der Waals surface area contributed by atoms with Gasteiger partial charge in [-0.1, -0.05) is 0 Å². The van der Waals surface area contributed by atoms with Crippen LogP contribution >= 0.6 is 0 Å². The van der Waals surface area contributed by atoms with E-state index in [2.05, 4.69) is 15.1 Å². The number of aldehydes is 1. The van der Waals surface area contributed by atoms with E-state index >= 15 is 0 Å². The van der Waals surface area contributed by atoms with E-state index in [0.717, 1.165) is 13.1 Å². The summed E-state index contributed by atoms with van der Waals surface area (Å²) in [7, 11) is 5.74. The predicted molar refractivity (Wildman–Crippen MR) is 64.6 cm³/mol. The van der Waals surface area contributed by atoms with Crippen LogP contribution in [0.25, 0.3) is 5.65 Å². The highest BCUT2D eigenvalue weighted by atomic mass is 16.5. The van der Waals surface area contributed by atoms with Crippen molar-refractivity contribution in [3.8, 4) is 0 Å². The Hall–Kier alpha value is -1.96. The first-order valence-electron chi connectivity index (χ1n) is 5.58. The Labute approximate surface area is 104 Å². The number of carbonyl (C=O) groups is 1. The van der Waals surface area contributed by atoms with E-state index in [4.69, 9.17) is 12.6 Å². The molecule has 0 atom stereocenters. The molecule has 1 aliphatic rings. The minimum atomic E-state index is 0.122. The van der Waals surface area contributed by atoms with Gasteiger partial charge in [0.15, 0.2) is 17.8 Å². The van der Waals surface area contributed by atoms with E-state index in [1.807, 2.05) is 4.90 Å². The fourth-order valence-corrected chi connectivity index (χ4v) is 1.95. The smallest absolute Gasteiger partial charge is 0.215 e. The van der Waals surface area contributed by atoms with Crippen LogP contribution in [0.2, 0.25) is 0 Å². The number of hydrogen-bond acceptors (Lipinski definition) is 6. The summed E-state index contributed by atoms with van der Waals surface area (Å²) in [6, 6.07) is 0. The molecule has 2 aromatic heterocycles. The highest BCUT2D eigenvalue weighted by Crippen LogP contribution is 2.16. The van der Waals surface area contributed by atoms with Crippen LogP contribution in [-0.2, 0) is 4.74 Å². The Kier molecular flexibility index (Phi) is 2.71. The maximum atomic E-state index is 10.7. The number of carbonyl (C=O) groups excluding carboxylic acids is 1. The van der Waals surface area contributed by atoms with Crippen LogP contribution in [0.4, 0.5) is 5.82 Å². The van der Waals surface area contributed by atoms with Gasteiger partial charge in [0.1, 0.15) is 7.85 Å². The lowest BCUT2D eigenvalue weighted by molar-refractivity contribution is 0.111. The van der Waals surface area contributed by atoms with Crippen molar-refractivity contribution in [2.24, 2.45) is 0 Å². The molecular weight excluding hydrogens is 233 g/mol. The van der Waals surface area contributed by atoms with Gasteiger partial charge < -0.3 is 9.64 Å². The van der Waals surface area contributed by atoms with Crippen LogP contribution < -0.4 is 10.5 Å². The van der Waals surface area contributed by atoms with Crippen molar-refractivity contribution < 1.29 is 9.53 Å². The average molecular weight is 243 g/mol. The lowest BCUT2D eigenvalue weighted by Gasteiger charge is -2.27. The number of ether oxygens (including phenoxy) is 1. The third kappa shape index (κ3) is 1.84. The van der Waals surface area contributed by atoms with E-state index in [9.17, 15) is 4.79 Å². The maximum Gasteiger partial charge on any atom is 0.215 e. The predicted octanol–water partition coefficient (Wildman–Crippen LogP) is -1.43. The van der Waals surface area contributed by atoms with E-state index < -0.39 is 0 Å². The monoisotopic (exact) mass is 243 g/mol. The van der Waals surface area contributed by atoms with Gasteiger partial charge in [0.05, 0.1) is 13.2 Å². The average Bonchev–Trinajstić information content (AvgIpc) is 2.81. The minimum absolute atomic E-state index is 0.122. The Bertz CT molecular complexity index is 593. The van der Waals surface area contributed by atoms with Crippen LogP contribution in [-0.4, -0.2) is 60.0 Å². The highest BCUT2D eigenvalue weighted by molar-refractivity contribution is 6.30. The summed E-state index contributed by atoms with van der Waals surface area (Å²) in [6.07, 6.45) is 2.14. The lowest BCUT2D eigenvalue weighted by Crippen LogP contribution is -2.38. The number of anilines is 1. The van der Waals surface area contributed by atoms with Crippen molar-refractivity contribution in [2.75, 3.05) is 31.2 Å². The van der Waals surface area contributed by atoms with Crippen molar-refractivity contribution in [3.63, 3.8) is 0 Å². The summed E-state index contributed by atoms with van der Waals surface area (Å²) in [5.41, 5.74) is 0.875. The molecule has 90 valence electrons. The van der Waals surface area contributed by atoms with Crippen LogP contribution in [0.1, 0.15) is 10.6 Å². The van der Waals surface area contributed by atoms with E-state index in [1.54, 1.807) is 6.20 Å². The molecule has 1 fully saturated rings. The molecule has 0 spiro atoms. The molecule has 3 rings (SSSR count). The molecule has 1 aliphatic heterocycles. The van der Waals surface area contributed by atoms with Crippen molar-refractivity contribution in [1.82, 2.24) is 19.6 Å². The highest BCUT2D eigenvalue weighted by Gasteiger charge is 2.18. The zero-order chi connectivity index (χ0) is 12.5. The zero-order valence-electron chi connectivity index (χ0n) is 9.61. The van der Waals surface area contributed by atoms with Gasteiger partial charge in [0, 0.05) is 24.9 Å². The molecule has 0 unspecified atom stereocenters. The summed E-state index contributed by atoms with van der Waals surface area (Å²) in [5.74, 6) is 0.760. The van der Waals surface area contributed by atoms with Gasteiger partial charge in [-0.3, -0.25) is 4.79 Å². The molecule has 0 aliphatic carbocycles. The Morgan fingerprint density at radius 1 is 1.33 bits per heavy atom. The number of rotatable bonds is 2. The van der Waals surface area contributed by atoms with Crippen LogP contribution in [0.3, 0.4) is 0 Å². The van der Waals surface area contributed by atoms with Crippen molar-refractivity contribution in [1.29, 1.82) is 0 Å². The van der Waals surface area contributed by atoms with Gasteiger partial charge in [0.2, 0.25) is 5.82 Å². The second-order valence-corrected chi connectivity index (χ2v) is 3.94. The fraction of sp³-hybridized carbons (Fsp3) is 0.400. The first-order valence-corrected chi connectivity index (χ1v) is 5.58. The minimum Gasteiger partial charge on any atom is -0.378 e. The molecule has 7 nitrogen and oxygen atoms in total. The molecule has 0 bridgehead atoms. The molecule has 2 radical (unpaired) electrons. The number of aromatic nitrogens is 4. The first-order chi connectivity index (χ1) is 8.78. The van der Waals surface area contributed by atoms with E-state index in [-0.39, 0.29) is 5.82 Å². The zero-order valence-corrected chi connectivity index (χ0v) is 9.61. The maximum absolute atomic E-state index is 10.7. The van der Waals surface area contributed by atoms with Gasteiger partial charge in [-0.15, -0.1) is 5.10 Å². The number of hydrogen-bond donors (Lipinski definition) is 0. The molecular formula is C10H10BN5O2. The second kappa shape index (κ2) is 4.38. The van der Waals surface area contributed by atoms with Gasteiger partial charge in [-0.05, 0) is 0 Å². The molecule has 0 N–H and O–H groups in total. The topological polar surface area (TPSA) is 72.6 Å². The molecule has 1 saturated heterocycles. The van der Waals surface area contributed by atoms with Gasteiger partial charge in [-0.2, -0.15) is 0 Å². The summed E-state index contributed by atoms with van der Waals surface area (Å²) in [6.45, 7) is 2.71. The molecule has 0 aromatic carbocycles. The number of morpholine rings is 1. The fourth-order valence-electron chi connectivity index (χ4n) is 1.95. The molecule has 2 aromatic rings. The third-order valence-electron chi connectivity index (χ3n) is 2.75. The van der Waals surface area contributed by atoms with Crippen molar-refractivity contribution >= 4 is 31.2 Å². The van der Waals surface area contributed by atoms with Crippen molar-refractivity contribution in [3.05, 3.63) is 12.0 Å². The third-order valence-corrected chi connectivity index (χ3v) is 2.75. The summed E-state index contributed by atoms with van der Waals surface area (Å²) >= 11 is 0. The molecule has 8 heteroatoms. The Balaban J connectivity index is 2.13. The van der Waals surface area contributed by atoms with Crippen molar-refractivity contribution in [2.45, 2.75) is 0 Å². The largest absolute Gasteiger partial charge is 0.378 e. The molecule has 0 amide bonds. The van der Waals surface area contributed by atoms with Crippen LogP contribution in [0.15, 0.2) is 6.20 Å².